The molecule has 29 heavy (non-hydrogen) atoms. The molecule has 1 amide bonds. The molecule has 0 aliphatic heterocycles. The lowest BCUT2D eigenvalue weighted by atomic mass is 10.1. The van der Waals surface area contributed by atoms with Gasteiger partial charge in [0.2, 0.25) is 0 Å². The maximum Gasteiger partial charge on any atom is 0.273 e. The van der Waals surface area contributed by atoms with E-state index in [9.17, 15) is 9.18 Å². The molecule has 0 saturated heterocycles. The van der Waals surface area contributed by atoms with Gasteiger partial charge in [-0.3, -0.25) is 4.79 Å². The fourth-order valence-corrected chi connectivity index (χ4v) is 3.75. The first-order chi connectivity index (χ1) is 14.1. The van der Waals surface area contributed by atoms with Crippen LogP contribution in [0.1, 0.15) is 16.1 Å². The second-order valence-corrected chi connectivity index (χ2v) is 7.40. The number of H-pyrrole nitrogens is 1. The van der Waals surface area contributed by atoms with E-state index in [1.807, 2.05) is 30.5 Å². The van der Waals surface area contributed by atoms with Crippen molar-refractivity contribution >= 4 is 34.4 Å². The van der Waals surface area contributed by atoms with Gasteiger partial charge in [-0.25, -0.2) is 14.4 Å². The molecule has 146 valence electrons. The highest BCUT2D eigenvalue weighted by molar-refractivity contribution is 7.99. The molecule has 0 unspecified atom stereocenters. The summed E-state index contributed by atoms with van der Waals surface area (Å²) in [5.41, 5.74) is 8.04. The summed E-state index contributed by atoms with van der Waals surface area (Å²) in [5, 5.41) is 4.35. The molecular weight excluding hydrogens is 389 g/mol. The van der Waals surface area contributed by atoms with Gasteiger partial charge in [-0.2, -0.15) is 0 Å². The number of aromatic nitrogens is 3. The lowest BCUT2D eigenvalue weighted by Gasteiger charge is -2.08. The SMILES string of the molecule is Nc1ncc(Sc2ccccc2F)nc1C(=O)NCCc1c[nH]c2ccccc12. The largest absolute Gasteiger partial charge is 0.382 e. The number of fused-ring (bicyclic) bond motifs is 1. The molecule has 4 rings (SSSR count). The van der Waals surface area contributed by atoms with E-state index in [0.717, 1.165) is 28.2 Å². The third-order valence-electron chi connectivity index (χ3n) is 4.40. The highest BCUT2D eigenvalue weighted by Crippen LogP contribution is 2.28. The molecule has 4 aromatic rings. The minimum Gasteiger partial charge on any atom is -0.382 e. The Morgan fingerprint density at radius 3 is 2.83 bits per heavy atom. The third kappa shape index (κ3) is 4.22. The van der Waals surface area contributed by atoms with E-state index in [1.54, 1.807) is 18.2 Å². The van der Waals surface area contributed by atoms with Crippen molar-refractivity contribution < 1.29 is 9.18 Å². The number of benzene rings is 2. The molecule has 0 spiro atoms. The van der Waals surface area contributed by atoms with E-state index < -0.39 is 5.91 Å². The Balaban J connectivity index is 1.43. The molecule has 4 N–H and O–H groups in total. The number of carbonyl (C=O) groups excluding carboxylic acids is 1. The van der Waals surface area contributed by atoms with E-state index in [2.05, 4.69) is 20.3 Å². The summed E-state index contributed by atoms with van der Waals surface area (Å²) in [6.07, 6.45) is 4.03. The fraction of sp³-hybridized carbons (Fsp3) is 0.0952. The smallest absolute Gasteiger partial charge is 0.273 e. The number of amides is 1. The predicted molar refractivity (Wildman–Crippen MR) is 111 cm³/mol. The number of aromatic amines is 1. The second-order valence-electron chi connectivity index (χ2n) is 6.34. The Morgan fingerprint density at radius 1 is 1.17 bits per heavy atom. The van der Waals surface area contributed by atoms with Crippen molar-refractivity contribution in [3.05, 3.63) is 78.0 Å². The minimum absolute atomic E-state index is 0.0327. The van der Waals surface area contributed by atoms with Crippen LogP contribution in [0.25, 0.3) is 10.9 Å². The summed E-state index contributed by atoms with van der Waals surface area (Å²) in [5.74, 6) is -0.737. The van der Waals surface area contributed by atoms with Gasteiger partial charge in [0.1, 0.15) is 10.8 Å². The number of para-hydroxylation sites is 1. The van der Waals surface area contributed by atoms with Crippen molar-refractivity contribution in [1.82, 2.24) is 20.3 Å². The van der Waals surface area contributed by atoms with Gasteiger partial charge in [-0.05, 0) is 30.2 Å². The number of hydrogen-bond acceptors (Lipinski definition) is 5. The zero-order valence-electron chi connectivity index (χ0n) is 15.4. The predicted octanol–water partition coefficient (Wildman–Crippen LogP) is 3.80. The molecule has 0 saturated carbocycles. The highest BCUT2D eigenvalue weighted by atomic mass is 32.2. The Morgan fingerprint density at radius 2 is 1.97 bits per heavy atom. The number of nitrogen functional groups attached to an aromatic ring is 1. The molecule has 2 heterocycles. The van der Waals surface area contributed by atoms with Gasteiger partial charge in [-0.1, -0.05) is 42.1 Å². The van der Waals surface area contributed by atoms with Gasteiger partial charge in [0.25, 0.3) is 5.91 Å². The Hall–Kier alpha value is -3.39. The number of rotatable bonds is 6. The van der Waals surface area contributed by atoms with Crippen LogP contribution in [0, 0.1) is 5.82 Å². The van der Waals surface area contributed by atoms with Crippen LogP contribution in [0.15, 0.2) is 70.8 Å². The van der Waals surface area contributed by atoms with E-state index in [-0.39, 0.29) is 17.3 Å². The lowest BCUT2D eigenvalue weighted by molar-refractivity contribution is 0.0949. The van der Waals surface area contributed by atoms with Gasteiger partial charge in [0, 0.05) is 28.5 Å². The number of nitrogens with zero attached hydrogens (tertiary/aromatic N) is 2. The van der Waals surface area contributed by atoms with Crippen molar-refractivity contribution in [3.8, 4) is 0 Å². The number of anilines is 1. The van der Waals surface area contributed by atoms with E-state index in [4.69, 9.17) is 5.73 Å². The molecule has 2 aromatic heterocycles. The van der Waals surface area contributed by atoms with Crippen LogP contribution in [0.5, 0.6) is 0 Å². The quantitative estimate of drug-likeness (QED) is 0.452. The Kier molecular flexibility index (Phi) is 5.44. The molecule has 0 atom stereocenters. The van der Waals surface area contributed by atoms with Crippen LogP contribution in [0.4, 0.5) is 10.2 Å². The van der Waals surface area contributed by atoms with Gasteiger partial charge in [-0.15, -0.1) is 0 Å². The highest BCUT2D eigenvalue weighted by Gasteiger charge is 2.15. The molecule has 8 heteroatoms. The number of halogens is 1. The van der Waals surface area contributed by atoms with Crippen LogP contribution < -0.4 is 11.1 Å². The van der Waals surface area contributed by atoms with E-state index in [1.165, 1.54) is 12.3 Å². The molecule has 0 aliphatic carbocycles. The average Bonchev–Trinajstić information content (AvgIpc) is 3.14. The number of hydrogen-bond donors (Lipinski definition) is 3. The first kappa shape index (κ1) is 18.9. The van der Waals surface area contributed by atoms with Crippen molar-refractivity contribution in [2.24, 2.45) is 0 Å². The number of carbonyl (C=O) groups is 1. The van der Waals surface area contributed by atoms with Crippen molar-refractivity contribution in [2.75, 3.05) is 12.3 Å². The second kappa shape index (κ2) is 8.32. The standard InChI is InChI=1S/C21H18FN5OS/c22-15-6-2-4-8-17(15)29-18-12-26-20(23)19(27-18)21(28)24-10-9-13-11-25-16-7-3-1-5-14(13)16/h1-8,11-12,25H,9-10H2,(H2,23,26)(H,24,28). The van der Waals surface area contributed by atoms with Crippen LogP contribution in [0.2, 0.25) is 0 Å². The molecule has 0 aliphatic rings. The van der Waals surface area contributed by atoms with E-state index >= 15 is 0 Å². The number of nitrogens with one attached hydrogen (secondary N) is 2. The molecule has 2 aromatic carbocycles. The summed E-state index contributed by atoms with van der Waals surface area (Å²) in [4.78, 5) is 24.5. The van der Waals surface area contributed by atoms with Crippen molar-refractivity contribution in [1.29, 1.82) is 0 Å². The summed E-state index contributed by atoms with van der Waals surface area (Å²) in [6.45, 7) is 0.423. The normalized spacial score (nSPS) is 10.9. The van der Waals surface area contributed by atoms with Gasteiger partial charge in [0.15, 0.2) is 11.5 Å². The van der Waals surface area contributed by atoms with Gasteiger partial charge < -0.3 is 16.0 Å². The van der Waals surface area contributed by atoms with Crippen LogP contribution in [-0.4, -0.2) is 27.4 Å². The molecule has 0 bridgehead atoms. The first-order valence-corrected chi connectivity index (χ1v) is 9.81. The van der Waals surface area contributed by atoms with Crippen molar-refractivity contribution in [2.45, 2.75) is 16.3 Å². The number of nitrogens with two attached hydrogens (primary N) is 1. The average molecular weight is 407 g/mol. The van der Waals surface area contributed by atoms with Crippen LogP contribution in [0.3, 0.4) is 0 Å². The van der Waals surface area contributed by atoms with Crippen LogP contribution in [-0.2, 0) is 6.42 Å². The van der Waals surface area contributed by atoms with Crippen LogP contribution >= 0.6 is 11.8 Å². The van der Waals surface area contributed by atoms with Crippen molar-refractivity contribution in [3.63, 3.8) is 0 Å². The maximum atomic E-state index is 13.9. The van der Waals surface area contributed by atoms with Gasteiger partial charge in [0.05, 0.1) is 6.20 Å². The molecular formula is C21H18FN5OS. The summed E-state index contributed by atoms with van der Waals surface area (Å²) < 4.78 is 13.9. The third-order valence-corrected chi connectivity index (χ3v) is 5.36. The summed E-state index contributed by atoms with van der Waals surface area (Å²) >= 11 is 1.09. The fourth-order valence-electron chi connectivity index (χ4n) is 2.97. The van der Waals surface area contributed by atoms with E-state index in [0.29, 0.717) is 22.9 Å². The maximum absolute atomic E-state index is 13.9. The summed E-state index contributed by atoms with van der Waals surface area (Å²) in [7, 11) is 0. The first-order valence-electron chi connectivity index (χ1n) is 9.00. The lowest BCUT2D eigenvalue weighted by Crippen LogP contribution is -2.27. The molecule has 6 nitrogen and oxygen atoms in total. The topological polar surface area (TPSA) is 96.7 Å². The summed E-state index contributed by atoms with van der Waals surface area (Å²) in [6, 6.07) is 14.3. The zero-order valence-corrected chi connectivity index (χ0v) is 16.2. The monoisotopic (exact) mass is 407 g/mol. The Labute approximate surface area is 170 Å². The molecule has 0 fully saturated rings. The Bertz CT molecular complexity index is 1180. The van der Waals surface area contributed by atoms with Gasteiger partial charge >= 0.3 is 0 Å². The zero-order chi connectivity index (χ0) is 20.2. The molecule has 0 radical (unpaired) electrons. The minimum atomic E-state index is -0.411.